The molecule has 6 heteroatoms. The van der Waals surface area contributed by atoms with Gasteiger partial charge in [0, 0.05) is 38.6 Å². The lowest BCUT2D eigenvalue weighted by Gasteiger charge is -2.37. The van der Waals surface area contributed by atoms with Gasteiger partial charge in [-0.25, -0.2) is 4.99 Å². The zero-order valence-electron chi connectivity index (χ0n) is 16.7. The molecule has 6 nitrogen and oxygen atoms in total. The lowest BCUT2D eigenvalue weighted by atomic mass is 9.96. The van der Waals surface area contributed by atoms with E-state index in [1.165, 1.54) is 5.56 Å². The molecule has 1 aliphatic heterocycles. The molecule has 1 atom stereocenters. The first-order chi connectivity index (χ1) is 12.9. The van der Waals surface area contributed by atoms with Gasteiger partial charge in [0.05, 0.1) is 6.54 Å². The standard InChI is InChI=1S/C21H32N4O2/c1-4-22-20(25-13-11-24(12-14-25)19(26)16(2)3)23-15-21(27)10-9-17-7-5-6-8-18(17)21/h5-8,16,27H,4,9-15H2,1-3H3,(H,22,23). The van der Waals surface area contributed by atoms with Gasteiger partial charge in [-0.2, -0.15) is 0 Å². The Morgan fingerprint density at radius 3 is 2.56 bits per heavy atom. The molecular formula is C21H32N4O2. The van der Waals surface area contributed by atoms with Crippen LogP contribution in [0.4, 0.5) is 0 Å². The SMILES string of the molecule is CCNC(=NCC1(O)CCc2ccccc21)N1CCN(C(=O)C(C)C)CC1. The predicted octanol–water partition coefficient (Wildman–Crippen LogP) is 1.59. The normalized spacial score (nSPS) is 22.9. The minimum Gasteiger partial charge on any atom is -0.383 e. The fourth-order valence-electron chi connectivity index (χ4n) is 3.97. The predicted molar refractivity (Wildman–Crippen MR) is 108 cm³/mol. The first-order valence-electron chi connectivity index (χ1n) is 10.1. The fraction of sp³-hybridized carbons (Fsp3) is 0.619. The molecule has 1 aromatic carbocycles. The smallest absolute Gasteiger partial charge is 0.225 e. The molecule has 0 radical (unpaired) electrons. The van der Waals surface area contributed by atoms with Crippen molar-refractivity contribution in [3.8, 4) is 0 Å². The van der Waals surface area contributed by atoms with Crippen molar-refractivity contribution in [2.24, 2.45) is 10.9 Å². The molecule has 1 amide bonds. The van der Waals surface area contributed by atoms with E-state index in [1.807, 2.05) is 43.9 Å². The molecule has 1 aliphatic carbocycles. The molecule has 1 fully saturated rings. The molecule has 148 valence electrons. The lowest BCUT2D eigenvalue weighted by Crippen LogP contribution is -2.54. The number of rotatable bonds is 4. The first-order valence-corrected chi connectivity index (χ1v) is 10.1. The molecule has 1 heterocycles. The van der Waals surface area contributed by atoms with Gasteiger partial charge in [-0.15, -0.1) is 0 Å². The number of carbonyl (C=O) groups excluding carboxylic acids is 1. The van der Waals surface area contributed by atoms with Gasteiger partial charge in [0.25, 0.3) is 0 Å². The maximum Gasteiger partial charge on any atom is 0.225 e. The molecule has 1 saturated heterocycles. The van der Waals surface area contributed by atoms with Crippen LogP contribution in [0.1, 0.15) is 38.3 Å². The van der Waals surface area contributed by atoms with Crippen molar-refractivity contribution >= 4 is 11.9 Å². The number of aliphatic imine (C=N–C) groups is 1. The van der Waals surface area contributed by atoms with Crippen LogP contribution in [0.3, 0.4) is 0 Å². The number of amides is 1. The van der Waals surface area contributed by atoms with Crippen LogP contribution in [-0.2, 0) is 16.8 Å². The van der Waals surface area contributed by atoms with Crippen LogP contribution in [0.5, 0.6) is 0 Å². The van der Waals surface area contributed by atoms with Crippen LogP contribution in [0.25, 0.3) is 0 Å². The van der Waals surface area contributed by atoms with Gasteiger partial charge in [0.1, 0.15) is 5.60 Å². The maximum atomic E-state index is 12.2. The number of benzene rings is 1. The summed E-state index contributed by atoms with van der Waals surface area (Å²) in [6.45, 7) is 10.0. The summed E-state index contributed by atoms with van der Waals surface area (Å²) in [4.78, 5) is 21.1. The van der Waals surface area contributed by atoms with Gasteiger partial charge in [-0.05, 0) is 30.9 Å². The van der Waals surface area contributed by atoms with Crippen LogP contribution in [0.2, 0.25) is 0 Å². The summed E-state index contributed by atoms with van der Waals surface area (Å²) in [5.41, 5.74) is 1.35. The lowest BCUT2D eigenvalue weighted by molar-refractivity contribution is -0.135. The Hall–Kier alpha value is -2.08. The summed E-state index contributed by atoms with van der Waals surface area (Å²) < 4.78 is 0. The van der Waals surface area contributed by atoms with Crippen molar-refractivity contribution in [3.63, 3.8) is 0 Å². The van der Waals surface area contributed by atoms with E-state index >= 15 is 0 Å². The van der Waals surface area contributed by atoms with E-state index < -0.39 is 5.60 Å². The Morgan fingerprint density at radius 2 is 1.89 bits per heavy atom. The van der Waals surface area contributed by atoms with Gasteiger partial charge in [-0.3, -0.25) is 4.79 Å². The molecular weight excluding hydrogens is 340 g/mol. The molecule has 3 rings (SSSR count). The first kappa shape index (κ1) is 19.7. The summed E-state index contributed by atoms with van der Waals surface area (Å²) in [6, 6.07) is 8.11. The third kappa shape index (κ3) is 4.26. The Bertz CT molecular complexity index is 695. The topological polar surface area (TPSA) is 68.2 Å². The average molecular weight is 373 g/mol. The van der Waals surface area contributed by atoms with Crippen LogP contribution >= 0.6 is 0 Å². The summed E-state index contributed by atoms with van der Waals surface area (Å²) in [6.07, 6.45) is 1.61. The summed E-state index contributed by atoms with van der Waals surface area (Å²) >= 11 is 0. The third-order valence-electron chi connectivity index (χ3n) is 5.54. The number of nitrogens with one attached hydrogen (secondary N) is 1. The number of aliphatic hydroxyl groups is 1. The van der Waals surface area contributed by atoms with E-state index in [0.29, 0.717) is 26.1 Å². The van der Waals surface area contributed by atoms with Crippen LogP contribution in [0.15, 0.2) is 29.3 Å². The minimum atomic E-state index is -0.882. The molecule has 1 aromatic rings. The minimum absolute atomic E-state index is 0.0372. The zero-order chi connectivity index (χ0) is 19.4. The molecule has 27 heavy (non-hydrogen) atoms. The highest BCUT2D eigenvalue weighted by molar-refractivity contribution is 5.81. The Morgan fingerprint density at radius 1 is 1.22 bits per heavy atom. The number of fused-ring (bicyclic) bond motifs is 1. The molecule has 0 saturated carbocycles. The number of nitrogens with zero attached hydrogens (tertiary/aromatic N) is 3. The number of aryl methyl sites for hydroxylation is 1. The molecule has 0 spiro atoms. The van der Waals surface area contributed by atoms with Crippen molar-refractivity contribution in [1.29, 1.82) is 0 Å². The molecule has 0 aromatic heterocycles. The van der Waals surface area contributed by atoms with Crippen molar-refractivity contribution in [2.45, 2.75) is 39.2 Å². The highest BCUT2D eigenvalue weighted by Gasteiger charge is 2.36. The van der Waals surface area contributed by atoms with E-state index in [-0.39, 0.29) is 11.8 Å². The highest BCUT2D eigenvalue weighted by atomic mass is 16.3. The largest absolute Gasteiger partial charge is 0.383 e. The second-order valence-corrected chi connectivity index (χ2v) is 7.83. The highest BCUT2D eigenvalue weighted by Crippen LogP contribution is 2.36. The van der Waals surface area contributed by atoms with Crippen LogP contribution < -0.4 is 5.32 Å². The number of carbonyl (C=O) groups is 1. The van der Waals surface area contributed by atoms with Crippen molar-refractivity contribution in [1.82, 2.24) is 15.1 Å². The Labute approximate surface area is 162 Å². The number of hydrogen-bond acceptors (Lipinski definition) is 3. The van der Waals surface area contributed by atoms with Crippen LogP contribution in [0, 0.1) is 5.92 Å². The zero-order valence-corrected chi connectivity index (χ0v) is 16.7. The summed E-state index contributed by atoms with van der Waals surface area (Å²) in [7, 11) is 0. The third-order valence-corrected chi connectivity index (χ3v) is 5.54. The Balaban J connectivity index is 1.67. The fourth-order valence-corrected chi connectivity index (χ4v) is 3.97. The van der Waals surface area contributed by atoms with Crippen molar-refractivity contribution in [3.05, 3.63) is 35.4 Å². The van der Waals surface area contributed by atoms with Gasteiger partial charge in [0.2, 0.25) is 5.91 Å². The summed E-state index contributed by atoms with van der Waals surface area (Å²) in [5, 5.41) is 14.5. The average Bonchev–Trinajstić information content (AvgIpc) is 3.02. The Kier molecular flexibility index (Phi) is 6.05. The molecule has 0 bridgehead atoms. The van der Waals surface area contributed by atoms with Gasteiger partial charge < -0.3 is 20.2 Å². The van der Waals surface area contributed by atoms with Gasteiger partial charge in [0.15, 0.2) is 5.96 Å². The monoisotopic (exact) mass is 372 g/mol. The molecule has 2 N–H and O–H groups in total. The van der Waals surface area contributed by atoms with E-state index in [0.717, 1.165) is 37.6 Å². The van der Waals surface area contributed by atoms with E-state index in [4.69, 9.17) is 4.99 Å². The van der Waals surface area contributed by atoms with Gasteiger partial charge in [-0.1, -0.05) is 38.1 Å². The second kappa shape index (κ2) is 8.30. The quantitative estimate of drug-likeness (QED) is 0.622. The van der Waals surface area contributed by atoms with E-state index in [2.05, 4.69) is 16.3 Å². The van der Waals surface area contributed by atoms with Crippen molar-refractivity contribution in [2.75, 3.05) is 39.3 Å². The maximum absolute atomic E-state index is 12.2. The van der Waals surface area contributed by atoms with Crippen LogP contribution in [-0.4, -0.2) is 66.0 Å². The van der Waals surface area contributed by atoms with E-state index in [1.54, 1.807) is 0 Å². The summed E-state index contributed by atoms with van der Waals surface area (Å²) in [5.74, 6) is 1.08. The van der Waals surface area contributed by atoms with Crippen molar-refractivity contribution < 1.29 is 9.90 Å². The molecule has 2 aliphatic rings. The number of guanidine groups is 1. The van der Waals surface area contributed by atoms with Gasteiger partial charge >= 0.3 is 0 Å². The molecule has 1 unspecified atom stereocenters. The number of hydrogen-bond donors (Lipinski definition) is 2. The van der Waals surface area contributed by atoms with E-state index in [9.17, 15) is 9.90 Å². The second-order valence-electron chi connectivity index (χ2n) is 7.83. The number of piperazine rings is 1.